The van der Waals surface area contributed by atoms with Crippen LogP contribution >= 0.6 is 0 Å². The quantitative estimate of drug-likeness (QED) is 0.864. The summed E-state index contributed by atoms with van der Waals surface area (Å²) in [5.74, 6) is 0.792. The van der Waals surface area contributed by atoms with Crippen molar-refractivity contribution in [2.24, 2.45) is 0 Å². The fraction of sp³-hybridized carbons (Fsp3) is 0.0588. The van der Waals surface area contributed by atoms with E-state index in [1.165, 1.54) is 6.20 Å². The Balaban J connectivity index is 2.33. The predicted octanol–water partition coefficient (Wildman–Crippen LogP) is 3.71. The van der Waals surface area contributed by atoms with E-state index in [-0.39, 0.29) is 5.57 Å². The number of anilines is 1. The highest BCUT2D eigenvalue weighted by atomic mass is 16.5. The molecule has 102 valence electrons. The molecule has 0 atom stereocenters. The van der Waals surface area contributed by atoms with Crippen LogP contribution in [0.4, 0.5) is 5.69 Å². The van der Waals surface area contributed by atoms with E-state index in [0.29, 0.717) is 0 Å². The van der Waals surface area contributed by atoms with Gasteiger partial charge in [0.25, 0.3) is 0 Å². The van der Waals surface area contributed by atoms with Crippen molar-refractivity contribution in [3.63, 3.8) is 0 Å². The highest BCUT2D eigenvalue weighted by Gasteiger charge is 2.05. The van der Waals surface area contributed by atoms with Crippen LogP contribution in [-0.4, -0.2) is 7.11 Å². The molecule has 0 heterocycles. The van der Waals surface area contributed by atoms with Crippen molar-refractivity contribution in [2.45, 2.75) is 0 Å². The van der Waals surface area contributed by atoms with Gasteiger partial charge >= 0.3 is 0 Å². The summed E-state index contributed by atoms with van der Waals surface area (Å²) in [7, 11) is 1.63. The van der Waals surface area contributed by atoms with Crippen LogP contribution in [0.25, 0.3) is 11.1 Å². The topological polar surface area (TPSA) is 68.8 Å². The molecule has 0 unspecified atom stereocenters. The summed E-state index contributed by atoms with van der Waals surface area (Å²) in [5.41, 5.74) is 2.79. The van der Waals surface area contributed by atoms with Crippen molar-refractivity contribution >= 4 is 5.69 Å². The third kappa shape index (κ3) is 3.40. The molecule has 0 spiro atoms. The van der Waals surface area contributed by atoms with Gasteiger partial charge in [-0.15, -0.1) is 0 Å². The zero-order valence-corrected chi connectivity index (χ0v) is 11.5. The third-order valence-corrected chi connectivity index (χ3v) is 2.90. The van der Waals surface area contributed by atoms with Gasteiger partial charge in [-0.3, -0.25) is 0 Å². The van der Waals surface area contributed by atoms with Crippen LogP contribution in [0.2, 0.25) is 0 Å². The number of rotatable bonds is 4. The third-order valence-electron chi connectivity index (χ3n) is 2.90. The van der Waals surface area contributed by atoms with E-state index < -0.39 is 0 Å². The molecule has 4 heteroatoms. The minimum Gasteiger partial charge on any atom is -0.496 e. The summed E-state index contributed by atoms with van der Waals surface area (Å²) in [6.07, 6.45) is 1.39. The van der Waals surface area contributed by atoms with Crippen LogP contribution < -0.4 is 10.1 Å². The van der Waals surface area contributed by atoms with Gasteiger partial charge in [0.15, 0.2) is 0 Å². The second-order valence-electron chi connectivity index (χ2n) is 4.21. The number of para-hydroxylation sites is 1. The molecule has 21 heavy (non-hydrogen) atoms. The smallest absolute Gasteiger partial charge is 0.145 e. The van der Waals surface area contributed by atoms with Crippen LogP contribution in [0, 0.1) is 22.7 Å². The van der Waals surface area contributed by atoms with Gasteiger partial charge in [0, 0.05) is 17.5 Å². The molecule has 2 aromatic rings. The van der Waals surface area contributed by atoms with Crippen LogP contribution in [0.15, 0.2) is 60.3 Å². The Morgan fingerprint density at radius 3 is 2.57 bits per heavy atom. The molecule has 0 radical (unpaired) electrons. The van der Waals surface area contributed by atoms with Gasteiger partial charge in [-0.2, -0.15) is 10.5 Å². The lowest BCUT2D eigenvalue weighted by atomic mass is 10.0. The van der Waals surface area contributed by atoms with Gasteiger partial charge in [0.2, 0.25) is 0 Å². The maximum atomic E-state index is 8.71. The fourth-order valence-electron chi connectivity index (χ4n) is 1.90. The second-order valence-corrected chi connectivity index (χ2v) is 4.21. The van der Waals surface area contributed by atoms with Crippen molar-refractivity contribution in [2.75, 3.05) is 12.4 Å². The number of methoxy groups -OCH3 is 1. The lowest BCUT2D eigenvalue weighted by Gasteiger charge is -2.09. The standard InChI is InChI=1S/C17H13N3O/c1-21-17-8-3-2-7-16(17)14-5-4-6-15(9-14)20-12-13(10-18)11-19/h2-9,12,20H,1H3. The van der Waals surface area contributed by atoms with Crippen LogP contribution in [0.5, 0.6) is 5.75 Å². The number of nitrogens with zero attached hydrogens (tertiary/aromatic N) is 2. The van der Waals surface area contributed by atoms with Gasteiger partial charge < -0.3 is 10.1 Å². The van der Waals surface area contributed by atoms with Crippen molar-refractivity contribution in [3.05, 3.63) is 60.3 Å². The number of hydrogen-bond donors (Lipinski definition) is 1. The number of hydrogen-bond acceptors (Lipinski definition) is 4. The summed E-state index contributed by atoms with van der Waals surface area (Å²) < 4.78 is 5.35. The largest absolute Gasteiger partial charge is 0.496 e. The molecule has 0 aliphatic heterocycles. The molecule has 0 aromatic heterocycles. The van der Waals surface area contributed by atoms with Gasteiger partial charge in [0.05, 0.1) is 7.11 Å². The van der Waals surface area contributed by atoms with E-state index >= 15 is 0 Å². The lowest BCUT2D eigenvalue weighted by molar-refractivity contribution is 0.416. The zero-order valence-electron chi connectivity index (χ0n) is 11.5. The Morgan fingerprint density at radius 1 is 1.10 bits per heavy atom. The summed E-state index contributed by atoms with van der Waals surface area (Å²) in [6, 6.07) is 19.0. The Bertz CT molecular complexity index is 735. The fourth-order valence-corrected chi connectivity index (χ4v) is 1.90. The van der Waals surface area contributed by atoms with Gasteiger partial charge in [0.1, 0.15) is 23.5 Å². The summed E-state index contributed by atoms with van der Waals surface area (Å²) >= 11 is 0. The Hall–Kier alpha value is -3.24. The summed E-state index contributed by atoms with van der Waals surface area (Å²) in [4.78, 5) is 0. The molecule has 0 amide bonds. The highest BCUT2D eigenvalue weighted by Crippen LogP contribution is 2.30. The van der Waals surface area contributed by atoms with E-state index in [2.05, 4.69) is 5.32 Å². The first-order chi connectivity index (χ1) is 10.3. The van der Waals surface area contributed by atoms with Crippen molar-refractivity contribution in [3.8, 4) is 29.0 Å². The molecule has 2 aromatic carbocycles. The molecule has 0 aliphatic carbocycles. The molecule has 0 fully saturated rings. The normalized spacial score (nSPS) is 9.10. The molecule has 0 saturated carbocycles. The molecule has 4 nitrogen and oxygen atoms in total. The van der Waals surface area contributed by atoms with Crippen LogP contribution in [0.1, 0.15) is 0 Å². The molecule has 1 N–H and O–H groups in total. The van der Waals surface area contributed by atoms with E-state index in [1.807, 2.05) is 48.5 Å². The average Bonchev–Trinajstić information content (AvgIpc) is 2.56. The van der Waals surface area contributed by atoms with E-state index in [9.17, 15) is 0 Å². The monoisotopic (exact) mass is 275 g/mol. The van der Waals surface area contributed by atoms with Gasteiger partial charge in [-0.1, -0.05) is 30.3 Å². The van der Waals surface area contributed by atoms with Gasteiger partial charge in [-0.25, -0.2) is 0 Å². The molecule has 0 saturated heterocycles. The maximum Gasteiger partial charge on any atom is 0.145 e. The Morgan fingerprint density at radius 2 is 1.86 bits per heavy atom. The molecular formula is C17H13N3O. The second kappa shape index (κ2) is 6.79. The lowest BCUT2D eigenvalue weighted by Crippen LogP contribution is -1.91. The van der Waals surface area contributed by atoms with Crippen LogP contribution in [-0.2, 0) is 0 Å². The Kier molecular flexibility index (Phi) is 4.58. The van der Waals surface area contributed by atoms with Crippen LogP contribution in [0.3, 0.4) is 0 Å². The van der Waals surface area contributed by atoms with Crippen molar-refractivity contribution in [1.29, 1.82) is 10.5 Å². The number of nitrogens with one attached hydrogen (secondary N) is 1. The van der Waals surface area contributed by atoms with E-state index in [1.54, 1.807) is 19.2 Å². The average molecular weight is 275 g/mol. The van der Waals surface area contributed by atoms with Gasteiger partial charge in [-0.05, 0) is 23.8 Å². The Labute approximate surface area is 123 Å². The molecule has 2 rings (SSSR count). The number of ether oxygens (including phenoxy) is 1. The SMILES string of the molecule is COc1ccccc1-c1cccc(NC=C(C#N)C#N)c1. The minimum atomic E-state index is 0.0256. The summed E-state index contributed by atoms with van der Waals surface area (Å²) in [5, 5.41) is 20.4. The number of nitriles is 2. The highest BCUT2D eigenvalue weighted by molar-refractivity contribution is 5.73. The predicted molar refractivity (Wildman–Crippen MR) is 81.4 cm³/mol. The number of allylic oxidation sites excluding steroid dienone is 1. The first-order valence-electron chi connectivity index (χ1n) is 6.29. The first-order valence-corrected chi connectivity index (χ1v) is 6.29. The molecule has 0 aliphatic rings. The van der Waals surface area contributed by atoms with Crippen molar-refractivity contribution < 1.29 is 4.74 Å². The first kappa shape index (κ1) is 14.2. The minimum absolute atomic E-state index is 0.0256. The molecular weight excluding hydrogens is 262 g/mol. The maximum absolute atomic E-state index is 8.71. The van der Waals surface area contributed by atoms with E-state index in [4.69, 9.17) is 15.3 Å². The number of benzene rings is 2. The zero-order chi connectivity index (χ0) is 15.1. The van der Waals surface area contributed by atoms with E-state index in [0.717, 1.165) is 22.6 Å². The molecule has 0 bridgehead atoms. The van der Waals surface area contributed by atoms with Crippen molar-refractivity contribution in [1.82, 2.24) is 0 Å². The summed E-state index contributed by atoms with van der Waals surface area (Å²) in [6.45, 7) is 0.